The number of ether oxygens (including phenoxy) is 1. The third kappa shape index (κ3) is 7.10. The minimum absolute atomic E-state index is 0.228. The predicted molar refractivity (Wildman–Crippen MR) is 169 cm³/mol. The molecule has 0 amide bonds. The summed E-state index contributed by atoms with van der Waals surface area (Å²) < 4.78 is 6.19. The first-order valence-electron chi connectivity index (χ1n) is 15.3. The number of fused-ring (bicyclic) bond motifs is 2. The maximum absolute atomic E-state index is 6.19. The standard InChI is InChI=1S/C37H47NO/c1-5-8-9-10-11-12-13-16-26-39-33-20-17-19-31(27-33)32-22-23-36-35(28-32)29(4)34-21-15-14-18-30(34)24-25-38-37(36,6-2)7-3/h14-15,17-25,27-28H,5-13,16,26H2,1-4H3/b30-24-,34-29+,38-25+. The molecule has 206 valence electrons. The van der Waals surface area contributed by atoms with Gasteiger partial charge in [-0.1, -0.05) is 114 Å². The van der Waals surface area contributed by atoms with Crippen molar-refractivity contribution in [2.45, 2.75) is 97.4 Å². The molecule has 0 aromatic heterocycles. The molecule has 4 rings (SSSR count). The van der Waals surface area contributed by atoms with E-state index in [1.807, 2.05) is 6.21 Å². The Morgan fingerprint density at radius 3 is 2.21 bits per heavy atom. The molecule has 0 unspecified atom stereocenters. The highest BCUT2D eigenvalue weighted by Gasteiger charge is 2.30. The highest BCUT2D eigenvalue weighted by molar-refractivity contribution is 5.92. The fourth-order valence-electron chi connectivity index (χ4n) is 5.90. The van der Waals surface area contributed by atoms with E-state index in [9.17, 15) is 0 Å². The largest absolute Gasteiger partial charge is 0.494 e. The number of hydrogen-bond donors (Lipinski definition) is 0. The van der Waals surface area contributed by atoms with Crippen LogP contribution in [0.3, 0.4) is 0 Å². The molecule has 0 saturated carbocycles. The molecule has 3 aromatic rings. The summed E-state index contributed by atoms with van der Waals surface area (Å²) >= 11 is 0. The Balaban J connectivity index is 1.58. The van der Waals surface area contributed by atoms with Crippen molar-refractivity contribution in [2.75, 3.05) is 6.61 Å². The predicted octanol–water partition coefficient (Wildman–Crippen LogP) is 8.97. The molecular weight excluding hydrogens is 474 g/mol. The molecule has 1 heterocycles. The first-order chi connectivity index (χ1) is 19.1. The summed E-state index contributed by atoms with van der Waals surface area (Å²) in [5.74, 6) is 0.959. The Bertz CT molecular complexity index is 1360. The van der Waals surface area contributed by atoms with Gasteiger partial charge in [-0.2, -0.15) is 0 Å². The summed E-state index contributed by atoms with van der Waals surface area (Å²) in [6.45, 7) is 9.84. The average molecular weight is 522 g/mol. The van der Waals surface area contributed by atoms with Gasteiger partial charge in [0.15, 0.2) is 0 Å². The third-order valence-electron chi connectivity index (χ3n) is 8.47. The summed E-state index contributed by atoms with van der Waals surface area (Å²) in [6.07, 6.45) is 16.6. The van der Waals surface area contributed by atoms with E-state index < -0.39 is 0 Å². The van der Waals surface area contributed by atoms with Crippen LogP contribution in [0.1, 0.15) is 103 Å². The van der Waals surface area contributed by atoms with Gasteiger partial charge >= 0.3 is 0 Å². The molecule has 0 aliphatic carbocycles. The van der Waals surface area contributed by atoms with Crippen molar-refractivity contribution in [1.29, 1.82) is 0 Å². The number of rotatable bonds is 13. The van der Waals surface area contributed by atoms with Gasteiger partial charge in [-0.3, -0.25) is 4.99 Å². The Morgan fingerprint density at radius 2 is 1.44 bits per heavy atom. The van der Waals surface area contributed by atoms with Gasteiger partial charge in [-0.05, 0) is 88.7 Å². The van der Waals surface area contributed by atoms with E-state index >= 15 is 0 Å². The maximum atomic E-state index is 6.19. The Hall–Kier alpha value is -3.13. The normalized spacial score (nSPS) is 17.1. The summed E-state index contributed by atoms with van der Waals surface area (Å²) in [5.41, 5.74) is 6.10. The number of aliphatic imine (C=N–C) groups is 1. The van der Waals surface area contributed by atoms with Gasteiger partial charge in [0.05, 0.1) is 12.1 Å². The van der Waals surface area contributed by atoms with Gasteiger partial charge in [0.1, 0.15) is 5.75 Å². The first kappa shape index (κ1) is 28.9. The minimum atomic E-state index is -0.228. The van der Waals surface area contributed by atoms with E-state index in [4.69, 9.17) is 9.73 Å². The molecule has 0 N–H and O–H groups in total. The van der Waals surface area contributed by atoms with E-state index in [2.05, 4.69) is 101 Å². The van der Waals surface area contributed by atoms with Gasteiger partial charge in [-0.15, -0.1) is 0 Å². The van der Waals surface area contributed by atoms with Crippen molar-refractivity contribution < 1.29 is 4.74 Å². The summed E-state index contributed by atoms with van der Waals surface area (Å²) in [4.78, 5) is 5.16. The fraction of sp³-hybridized carbons (Fsp3) is 0.432. The van der Waals surface area contributed by atoms with E-state index in [1.54, 1.807) is 0 Å². The van der Waals surface area contributed by atoms with Crippen LogP contribution in [0.25, 0.3) is 22.8 Å². The van der Waals surface area contributed by atoms with Crippen molar-refractivity contribution in [3.8, 4) is 16.9 Å². The number of unbranched alkanes of at least 4 members (excludes halogenated alkanes) is 7. The van der Waals surface area contributed by atoms with Crippen molar-refractivity contribution >= 4 is 17.9 Å². The van der Waals surface area contributed by atoms with Crippen molar-refractivity contribution in [3.05, 3.63) is 88.3 Å². The second-order valence-corrected chi connectivity index (χ2v) is 11.0. The molecule has 0 radical (unpaired) electrons. The molecule has 0 atom stereocenters. The second kappa shape index (κ2) is 14.3. The Morgan fingerprint density at radius 1 is 0.718 bits per heavy atom. The lowest BCUT2D eigenvalue weighted by Crippen LogP contribution is -2.27. The molecule has 2 nitrogen and oxygen atoms in total. The van der Waals surface area contributed by atoms with Crippen LogP contribution < -0.4 is 15.2 Å². The van der Waals surface area contributed by atoms with Crippen LogP contribution in [0.4, 0.5) is 0 Å². The third-order valence-corrected chi connectivity index (χ3v) is 8.47. The lowest BCUT2D eigenvalue weighted by atomic mass is 9.79. The first-order valence-corrected chi connectivity index (χ1v) is 15.3. The lowest BCUT2D eigenvalue weighted by Gasteiger charge is -2.30. The summed E-state index contributed by atoms with van der Waals surface area (Å²) in [7, 11) is 0. The van der Waals surface area contributed by atoms with Crippen molar-refractivity contribution in [3.63, 3.8) is 0 Å². The molecule has 0 fully saturated rings. The van der Waals surface area contributed by atoms with Crippen LogP contribution in [-0.4, -0.2) is 12.8 Å². The van der Waals surface area contributed by atoms with E-state index in [1.165, 1.54) is 83.2 Å². The van der Waals surface area contributed by atoms with Crippen molar-refractivity contribution in [1.82, 2.24) is 0 Å². The van der Waals surface area contributed by atoms with Gasteiger partial charge < -0.3 is 4.74 Å². The molecule has 39 heavy (non-hydrogen) atoms. The zero-order valence-electron chi connectivity index (χ0n) is 24.6. The molecule has 0 bridgehead atoms. The molecule has 0 spiro atoms. The fourth-order valence-corrected chi connectivity index (χ4v) is 5.90. The molecule has 0 saturated heterocycles. The Labute approximate surface area is 236 Å². The Kier molecular flexibility index (Phi) is 10.6. The van der Waals surface area contributed by atoms with Crippen LogP contribution in [0, 0.1) is 0 Å². The quantitative estimate of drug-likeness (QED) is 0.206. The lowest BCUT2D eigenvalue weighted by molar-refractivity contribution is 0.304. The molecule has 1 aliphatic rings. The molecule has 1 aliphatic heterocycles. The smallest absolute Gasteiger partial charge is 0.119 e. The zero-order valence-corrected chi connectivity index (χ0v) is 24.6. The molecule has 3 aromatic carbocycles. The van der Waals surface area contributed by atoms with Crippen LogP contribution in [0.2, 0.25) is 0 Å². The highest BCUT2D eigenvalue weighted by Crippen LogP contribution is 2.39. The number of nitrogens with zero attached hydrogens (tertiary/aromatic N) is 1. The topological polar surface area (TPSA) is 21.6 Å². The van der Waals surface area contributed by atoms with E-state index in [0.717, 1.165) is 31.6 Å². The van der Waals surface area contributed by atoms with Crippen LogP contribution in [0.15, 0.2) is 71.7 Å². The van der Waals surface area contributed by atoms with Crippen LogP contribution in [-0.2, 0) is 5.54 Å². The summed E-state index contributed by atoms with van der Waals surface area (Å²) in [6, 6.07) is 24.2. The van der Waals surface area contributed by atoms with Crippen LogP contribution >= 0.6 is 0 Å². The molecular formula is C37H47NO. The minimum Gasteiger partial charge on any atom is -0.494 e. The van der Waals surface area contributed by atoms with Gasteiger partial charge in [0.25, 0.3) is 0 Å². The highest BCUT2D eigenvalue weighted by atomic mass is 16.5. The van der Waals surface area contributed by atoms with Crippen molar-refractivity contribution in [2.24, 2.45) is 4.99 Å². The number of hydrogen-bond acceptors (Lipinski definition) is 2. The second-order valence-electron chi connectivity index (χ2n) is 11.0. The van der Waals surface area contributed by atoms with Gasteiger partial charge in [0.2, 0.25) is 0 Å². The zero-order chi connectivity index (χ0) is 27.5. The van der Waals surface area contributed by atoms with E-state index in [-0.39, 0.29) is 5.54 Å². The number of benzene rings is 3. The summed E-state index contributed by atoms with van der Waals surface area (Å²) in [5, 5.41) is 2.49. The molecule has 2 heteroatoms. The van der Waals surface area contributed by atoms with Gasteiger partial charge in [0, 0.05) is 6.21 Å². The monoisotopic (exact) mass is 521 g/mol. The van der Waals surface area contributed by atoms with E-state index in [0.29, 0.717) is 0 Å². The van der Waals surface area contributed by atoms with Crippen LogP contribution in [0.5, 0.6) is 5.75 Å². The average Bonchev–Trinajstić information content (AvgIpc) is 3.03. The van der Waals surface area contributed by atoms with Gasteiger partial charge in [-0.25, -0.2) is 0 Å². The SMILES string of the molecule is CCCCCCCCCCOc1cccc(-c2ccc3c(c2)\C(C)=c2/cccc/c2=C/C=N/C3(CC)CC)c1. The maximum Gasteiger partial charge on any atom is 0.119 e.